The van der Waals surface area contributed by atoms with Gasteiger partial charge in [-0.15, -0.1) is 0 Å². The van der Waals surface area contributed by atoms with Gasteiger partial charge in [0.05, 0.1) is 17.0 Å². The lowest BCUT2D eigenvalue weighted by Crippen LogP contribution is -2.16. The standard InChI is InChI=1S/C20H23ClN2O3S/c1-15-5-8-18(14-20(15)26-12-4-10-22(2)3)27(24,25)23-11-9-16-6-7-17(21)13-19(16)23/h5-9,11,13-14H,4,10,12H2,1-3H3. The van der Waals surface area contributed by atoms with Crippen molar-refractivity contribution in [2.45, 2.75) is 18.2 Å². The topological polar surface area (TPSA) is 51.5 Å². The summed E-state index contributed by atoms with van der Waals surface area (Å²) in [6.07, 6.45) is 2.41. The number of rotatable bonds is 7. The first-order chi connectivity index (χ1) is 12.8. The van der Waals surface area contributed by atoms with Crippen LogP contribution < -0.4 is 4.74 Å². The molecule has 0 radical (unpaired) electrons. The maximum absolute atomic E-state index is 13.2. The van der Waals surface area contributed by atoms with E-state index in [0.717, 1.165) is 23.9 Å². The number of ether oxygens (including phenoxy) is 1. The van der Waals surface area contributed by atoms with Crippen LogP contribution in [0, 0.1) is 6.92 Å². The van der Waals surface area contributed by atoms with E-state index in [1.165, 1.54) is 3.97 Å². The molecule has 144 valence electrons. The van der Waals surface area contributed by atoms with Gasteiger partial charge in [-0.05, 0) is 57.3 Å². The summed E-state index contributed by atoms with van der Waals surface area (Å²) in [6.45, 7) is 3.35. The van der Waals surface area contributed by atoms with Gasteiger partial charge in [0.25, 0.3) is 10.0 Å². The minimum absolute atomic E-state index is 0.188. The molecule has 0 spiro atoms. The van der Waals surface area contributed by atoms with Crippen LogP contribution in [0.25, 0.3) is 10.9 Å². The molecular weight excluding hydrogens is 384 g/mol. The summed E-state index contributed by atoms with van der Waals surface area (Å²) < 4.78 is 33.4. The van der Waals surface area contributed by atoms with Gasteiger partial charge in [0, 0.05) is 29.2 Å². The third-order valence-corrected chi connectivity index (χ3v) is 6.26. The SMILES string of the molecule is Cc1ccc(S(=O)(=O)n2ccc3ccc(Cl)cc32)cc1OCCCN(C)C. The highest BCUT2D eigenvalue weighted by Gasteiger charge is 2.20. The molecule has 0 N–H and O–H groups in total. The van der Waals surface area contributed by atoms with Crippen molar-refractivity contribution in [2.75, 3.05) is 27.2 Å². The molecule has 0 aliphatic rings. The minimum Gasteiger partial charge on any atom is -0.493 e. The summed E-state index contributed by atoms with van der Waals surface area (Å²) >= 11 is 6.05. The van der Waals surface area contributed by atoms with Gasteiger partial charge in [-0.25, -0.2) is 12.4 Å². The highest BCUT2D eigenvalue weighted by atomic mass is 35.5. The van der Waals surface area contributed by atoms with Crippen molar-refractivity contribution in [3.05, 3.63) is 59.2 Å². The molecule has 5 nitrogen and oxygen atoms in total. The highest BCUT2D eigenvalue weighted by molar-refractivity contribution is 7.90. The predicted molar refractivity (Wildman–Crippen MR) is 109 cm³/mol. The van der Waals surface area contributed by atoms with Crippen molar-refractivity contribution in [1.29, 1.82) is 0 Å². The van der Waals surface area contributed by atoms with E-state index in [9.17, 15) is 8.42 Å². The molecule has 0 aliphatic carbocycles. The van der Waals surface area contributed by atoms with Crippen LogP contribution in [0.3, 0.4) is 0 Å². The predicted octanol–water partition coefficient (Wildman–Crippen LogP) is 4.17. The summed E-state index contributed by atoms with van der Waals surface area (Å²) in [7, 11) is 0.260. The van der Waals surface area contributed by atoms with E-state index in [-0.39, 0.29) is 4.90 Å². The van der Waals surface area contributed by atoms with Crippen LogP contribution in [0.15, 0.2) is 53.6 Å². The number of hydrogen-bond acceptors (Lipinski definition) is 4. The molecule has 27 heavy (non-hydrogen) atoms. The molecule has 0 aliphatic heterocycles. The van der Waals surface area contributed by atoms with Crippen LogP contribution >= 0.6 is 11.6 Å². The summed E-state index contributed by atoms with van der Waals surface area (Å²) in [5, 5.41) is 1.31. The molecule has 3 rings (SSSR count). The summed E-state index contributed by atoms with van der Waals surface area (Å²) in [6, 6.07) is 11.9. The Morgan fingerprint density at radius 1 is 1.11 bits per heavy atom. The molecule has 0 saturated heterocycles. The number of benzene rings is 2. The van der Waals surface area contributed by atoms with Gasteiger partial charge in [-0.3, -0.25) is 0 Å². The van der Waals surface area contributed by atoms with Crippen LogP contribution in [0.4, 0.5) is 0 Å². The van der Waals surface area contributed by atoms with E-state index < -0.39 is 10.0 Å². The second-order valence-corrected chi connectivity index (χ2v) is 9.00. The van der Waals surface area contributed by atoms with Crippen LogP contribution in [-0.4, -0.2) is 44.5 Å². The Hall–Kier alpha value is -2.02. The maximum Gasteiger partial charge on any atom is 0.268 e. The second kappa shape index (κ2) is 7.92. The zero-order valence-corrected chi connectivity index (χ0v) is 17.2. The largest absolute Gasteiger partial charge is 0.493 e. The van der Waals surface area contributed by atoms with Crippen molar-refractivity contribution in [2.24, 2.45) is 0 Å². The molecular formula is C20H23ClN2O3S. The van der Waals surface area contributed by atoms with Crippen LogP contribution in [0.5, 0.6) is 5.75 Å². The Labute approximate surface area is 165 Å². The smallest absolute Gasteiger partial charge is 0.268 e. The van der Waals surface area contributed by atoms with Crippen LogP contribution in [0.2, 0.25) is 5.02 Å². The number of fused-ring (bicyclic) bond motifs is 1. The summed E-state index contributed by atoms with van der Waals surface area (Å²) in [5.74, 6) is 0.587. The first-order valence-corrected chi connectivity index (χ1v) is 10.5. The Morgan fingerprint density at radius 3 is 2.63 bits per heavy atom. The molecule has 0 amide bonds. The molecule has 0 unspecified atom stereocenters. The van der Waals surface area contributed by atoms with E-state index in [1.807, 2.05) is 21.0 Å². The average Bonchev–Trinajstić information content (AvgIpc) is 3.03. The van der Waals surface area contributed by atoms with E-state index in [4.69, 9.17) is 16.3 Å². The molecule has 0 bridgehead atoms. The lowest BCUT2D eigenvalue weighted by molar-refractivity contribution is 0.279. The molecule has 0 fully saturated rings. The second-order valence-electron chi connectivity index (χ2n) is 6.75. The first kappa shape index (κ1) is 19.7. The van der Waals surface area contributed by atoms with Crippen molar-refractivity contribution in [3.8, 4) is 5.75 Å². The molecule has 7 heteroatoms. The monoisotopic (exact) mass is 406 g/mol. The van der Waals surface area contributed by atoms with Gasteiger partial charge in [-0.1, -0.05) is 23.7 Å². The number of aromatic nitrogens is 1. The Kier molecular flexibility index (Phi) is 5.79. The maximum atomic E-state index is 13.2. The summed E-state index contributed by atoms with van der Waals surface area (Å²) in [5.41, 5.74) is 1.45. The third kappa shape index (κ3) is 4.29. The number of aryl methyl sites for hydroxylation is 1. The van der Waals surface area contributed by atoms with Crippen LogP contribution in [-0.2, 0) is 10.0 Å². The first-order valence-electron chi connectivity index (χ1n) is 8.69. The van der Waals surface area contributed by atoms with Gasteiger partial charge in [0.15, 0.2) is 0 Å². The number of hydrogen-bond donors (Lipinski definition) is 0. The Morgan fingerprint density at radius 2 is 1.89 bits per heavy atom. The molecule has 1 aromatic heterocycles. The van der Waals surface area contributed by atoms with Gasteiger partial charge in [0.2, 0.25) is 0 Å². The van der Waals surface area contributed by atoms with Crippen LogP contribution in [0.1, 0.15) is 12.0 Å². The molecule has 1 heterocycles. The van der Waals surface area contributed by atoms with E-state index >= 15 is 0 Å². The lowest BCUT2D eigenvalue weighted by atomic mass is 10.2. The van der Waals surface area contributed by atoms with E-state index in [0.29, 0.717) is 22.9 Å². The van der Waals surface area contributed by atoms with E-state index in [2.05, 4.69) is 4.90 Å². The number of nitrogens with zero attached hydrogens (tertiary/aromatic N) is 2. The third-order valence-electron chi connectivity index (χ3n) is 4.34. The fourth-order valence-electron chi connectivity index (χ4n) is 2.86. The highest BCUT2D eigenvalue weighted by Crippen LogP contribution is 2.28. The molecule has 3 aromatic rings. The Balaban J connectivity index is 1.92. The zero-order chi connectivity index (χ0) is 19.6. The molecule has 2 aromatic carbocycles. The lowest BCUT2D eigenvalue weighted by Gasteiger charge is -2.14. The quantitative estimate of drug-likeness (QED) is 0.552. The van der Waals surface area contributed by atoms with Gasteiger partial charge in [-0.2, -0.15) is 0 Å². The number of halogens is 1. The zero-order valence-electron chi connectivity index (χ0n) is 15.6. The van der Waals surface area contributed by atoms with Gasteiger partial charge < -0.3 is 9.64 Å². The average molecular weight is 407 g/mol. The minimum atomic E-state index is -3.75. The van der Waals surface area contributed by atoms with Crippen molar-refractivity contribution in [1.82, 2.24) is 8.87 Å². The normalized spacial score (nSPS) is 12.0. The van der Waals surface area contributed by atoms with Gasteiger partial charge >= 0.3 is 0 Å². The molecule has 0 atom stereocenters. The van der Waals surface area contributed by atoms with Crippen molar-refractivity contribution < 1.29 is 13.2 Å². The van der Waals surface area contributed by atoms with Crippen molar-refractivity contribution >= 4 is 32.5 Å². The van der Waals surface area contributed by atoms with Crippen molar-refractivity contribution in [3.63, 3.8) is 0 Å². The van der Waals surface area contributed by atoms with E-state index in [1.54, 1.807) is 48.7 Å². The Bertz CT molecular complexity index is 1060. The molecule has 0 saturated carbocycles. The fraction of sp³-hybridized carbons (Fsp3) is 0.300. The summed E-state index contributed by atoms with van der Waals surface area (Å²) in [4.78, 5) is 2.27. The fourth-order valence-corrected chi connectivity index (χ4v) is 4.39. The van der Waals surface area contributed by atoms with Gasteiger partial charge in [0.1, 0.15) is 5.75 Å².